The summed E-state index contributed by atoms with van der Waals surface area (Å²) < 4.78 is 0. The predicted octanol–water partition coefficient (Wildman–Crippen LogP) is -0.246. The van der Waals surface area contributed by atoms with Crippen molar-refractivity contribution in [1.82, 2.24) is 21.3 Å². The van der Waals surface area contributed by atoms with Crippen LogP contribution >= 0.6 is 0 Å². The quantitative estimate of drug-likeness (QED) is 0.110. The van der Waals surface area contributed by atoms with Crippen LogP contribution in [0.25, 0.3) is 0 Å². The van der Waals surface area contributed by atoms with Crippen molar-refractivity contribution >= 4 is 41.5 Å². The zero-order chi connectivity index (χ0) is 32.0. The van der Waals surface area contributed by atoms with Crippen LogP contribution in [0.1, 0.15) is 58.4 Å². The molecule has 232 valence electrons. The van der Waals surface area contributed by atoms with Gasteiger partial charge in [-0.1, -0.05) is 26.0 Å². The van der Waals surface area contributed by atoms with E-state index in [1.54, 1.807) is 13.8 Å². The molecule has 1 rings (SSSR count). The largest absolute Gasteiger partial charge is 0.508 e. The predicted molar refractivity (Wildman–Crippen MR) is 146 cm³/mol. The molecule has 0 radical (unpaired) electrons. The smallest absolute Gasteiger partial charge is 0.326 e. The Morgan fingerprint density at radius 2 is 1.10 bits per heavy atom. The molecule has 0 aliphatic heterocycles. The molecule has 0 aromatic heterocycles. The van der Waals surface area contributed by atoms with E-state index in [1.165, 1.54) is 24.3 Å². The summed E-state index contributed by atoms with van der Waals surface area (Å²) in [4.78, 5) is 84.9. The molecular weight excluding hydrogens is 556 g/mol. The lowest BCUT2D eigenvalue weighted by molar-refractivity contribution is -0.143. The number of carboxylic acids is 3. The number of carbonyl (C=O) groups is 7. The van der Waals surface area contributed by atoms with Gasteiger partial charge >= 0.3 is 17.9 Å². The number of carbonyl (C=O) groups excluding carboxylic acids is 4. The van der Waals surface area contributed by atoms with Gasteiger partial charge in [0.15, 0.2) is 0 Å². The summed E-state index contributed by atoms with van der Waals surface area (Å²) in [5.41, 5.74) is 0.481. The number of phenolic OH excluding ortho intramolecular Hbond substituents is 1. The molecule has 0 heterocycles. The van der Waals surface area contributed by atoms with Gasteiger partial charge in [-0.25, -0.2) is 4.79 Å². The topological polar surface area (TPSA) is 249 Å². The van der Waals surface area contributed by atoms with Crippen LogP contribution in [0, 0.1) is 5.92 Å². The molecule has 15 nitrogen and oxygen atoms in total. The second-order valence-corrected chi connectivity index (χ2v) is 10.1. The highest BCUT2D eigenvalue weighted by Crippen LogP contribution is 2.13. The van der Waals surface area contributed by atoms with Crippen molar-refractivity contribution in [3.8, 4) is 5.75 Å². The van der Waals surface area contributed by atoms with Crippen LogP contribution in [-0.4, -0.2) is 86.1 Å². The number of benzene rings is 1. The summed E-state index contributed by atoms with van der Waals surface area (Å²) in [5, 5.41) is 46.7. The Morgan fingerprint density at radius 3 is 1.52 bits per heavy atom. The van der Waals surface area contributed by atoms with E-state index in [1.807, 2.05) is 0 Å². The third-order valence-electron chi connectivity index (χ3n) is 5.95. The van der Waals surface area contributed by atoms with Crippen molar-refractivity contribution in [2.75, 3.05) is 0 Å². The Bertz CT molecular complexity index is 1140. The molecule has 8 N–H and O–H groups in total. The molecule has 1 aromatic carbocycles. The molecular formula is C27H38N4O11. The first-order valence-electron chi connectivity index (χ1n) is 13.2. The van der Waals surface area contributed by atoms with Gasteiger partial charge < -0.3 is 41.7 Å². The molecule has 0 aliphatic rings. The third-order valence-corrected chi connectivity index (χ3v) is 5.95. The van der Waals surface area contributed by atoms with Gasteiger partial charge in [0.1, 0.15) is 29.9 Å². The van der Waals surface area contributed by atoms with Crippen LogP contribution in [-0.2, 0) is 40.0 Å². The molecule has 0 saturated carbocycles. The normalized spacial score (nSPS) is 13.6. The van der Waals surface area contributed by atoms with Gasteiger partial charge in [-0.05, 0) is 42.9 Å². The Labute approximate surface area is 242 Å². The lowest BCUT2D eigenvalue weighted by Gasteiger charge is -2.26. The van der Waals surface area contributed by atoms with Crippen molar-refractivity contribution in [3.63, 3.8) is 0 Å². The number of nitrogens with one attached hydrogen (secondary N) is 4. The average Bonchev–Trinajstić information content (AvgIpc) is 2.88. The summed E-state index contributed by atoms with van der Waals surface area (Å²) in [7, 11) is 0. The van der Waals surface area contributed by atoms with E-state index < -0.39 is 85.0 Å². The summed E-state index contributed by atoms with van der Waals surface area (Å²) >= 11 is 0. The van der Waals surface area contributed by atoms with Crippen molar-refractivity contribution in [2.24, 2.45) is 5.92 Å². The van der Waals surface area contributed by atoms with Crippen LogP contribution in [0.4, 0.5) is 0 Å². The van der Waals surface area contributed by atoms with E-state index in [2.05, 4.69) is 21.3 Å². The molecule has 0 fully saturated rings. The Balaban J connectivity index is 3.27. The number of hydrogen-bond acceptors (Lipinski definition) is 8. The molecule has 0 unspecified atom stereocenters. The number of phenols is 1. The van der Waals surface area contributed by atoms with Crippen LogP contribution in [0.2, 0.25) is 0 Å². The van der Waals surface area contributed by atoms with Gasteiger partial charge in [0.25, 0.3) is 0 Å². The van der Waals surface area contributed by atoms with Gasteiger partial charge in [0.05, 0.1) is 0 Å². The van der Waals surface area contributed by atoms with E-state index in [4.69, 9.17) is 10.2 Å². The van der Waals surface area contributed by atoms with E-state index in [0.717, 1.165) is 6.92 Å². The minimum Gasteiger partial charge on any atom is -0.508 e. The Hall–Kier alpha value is -4.69. The summed E-state index contributed by atoms with van der Waals surface area (Å²) in [6.45, 7) is 4.63. The number of amides is 4. The maximum Gasteiger partial charge on any atom is 0.326 e. The van der Waals surface area contributed by atoms with Crippen molar-refractivity contribution in [3.05, 3.63) is 29.8 Å². The SMILES string of the molecule is CC(=O)N[C@@H](CCC(=O)O)C(=O)N[C@@H](CCC(=O)O)C(=O)N[C@@H](Cc1ccc(O)cc1)C(=O)N[C@@H](CC(C)C)C(=O)O. The Kier molecular flexibility index (Phi) is 14.5. The minimum atomic E-state index is -1.52. The fourth-order valence-corrected chi connectivity index (χ4v) is 3.91. The van der Waals surface area contributed by atoms with Gasteiger partial charge in [-0.3, -0.25) is 28.8 Å². The highest BCUT2D eigenvalue weighted by molar-refractivity contribution is 5.95. The molecule has 15 heteroatoms. The average molecular weight is 595 g/mol. The van der Waals surface area contributed by atoms with E-state index in [9.17, 15) is 43.8 Å². The number of aromatic hydroxyl groups is 1. The lowest BCUT2D eigenvalue weighted by atomic mass is 10.0. The van der Waals surface area contributed by atoms with E-state index in [0.29, 0.717) is 5.56 Å². The standard InChI is InChI=1S/C27H38N4O11/c1-14(2)12-21(27(41)42)31-26(40)20(13-16-4-6-17(33)7-5-16)30-25(39)19(9-11-23(36)37)29-24(38)18(28-15(3)32)8-10-22(34)35/h4-7,14,18-21,33H,8-13H2,1-3H3,(H,28,32)(H,29,38)(H,30,39)(H,31,40)(H,34,35)(H,36,37)(H,41,42)/t18-,19-,20-,21-/m0/s1. The van der Waals surface area contributed by atoms with E-state index in [-0.39, 0.29) is 30.9 Å². The first kappa shape index (κ1) is 35.3. The highest BCUT2D eigenvalue weighted by atomic mass is 16.4. The number of carboxylic acid groups (broad SMARTS) is 3. The molecule has 4 amide bonds. The lowest BCUT2D eigenvalue weighted by Crippen LogP contribution is -2.58. The number of rotatable bonds is 18. The van der Waals surface area contributed by atoms with Crippen molar-refractivity contribution in [1.29, 1.82) is 0 Å². The molecule has 1 aromatic rings. The highest BCUT2D eigenvalue weighted by Gasteiger charge is 2.32. The molecule has 0 bridgehead atoms. The second kappa shape index (κ2) is 17.2. The third kappa shape index (κ3) is 13.6. The fourth-order valence-electron chi connectivity index (χ4n) is 3.91. The van der Waals surface area contributed by atoms with Gasteiger partial charge in [-0.2, -0.15) is 0 Å². The van der Waals surface area contributed by atoms with Crippen molar-refractivity contribution < 1.29 is 54.0 Å². The summed E-state index contributed by atoms with van der Waals surface area (Å²) in [5.74, 6) is -7.38. The van der Waals surface area contributed by atoms with Gasteiger partial charge in [-0.15, -0.1) is 0 Å². The van der Waals surface area contributed by atoms with E-state index >= 15 is 0 Å². The molecule has 0 aliphatic carbocycles. The summed E-state index contributed by atoms with van der Waals surface area (Å²) in [6.07, 6.45) is -1.84. The van der Waals surface area contributed by atoms with Crippen LogP contribution in [0.15, 0.2) is 24.3 Å². The van der Waals surface area contributed by atoms with Crippen LogP contribution in [0.3, 0.4) is 0 Å². The first-order valence-corrected chi connectivity index (χ1v) is 13.2. The van der Waals surface area contributed by atoms with Gasteiger partial charge in [0.2, 0.25) is 23.6 Å². The van der Waals surface area contributed by atoms with Crippen molar-refractivity contribution in [2.45, 2.75) is 83.5 Å². The zero-order valence-corrected chi connectivity index (χ0v) is 23.6. The van der Waals surface area contributed by atoms with Crippen LogP contribution < -0.4 is 21.3 Å². The molecule has 0 saturated heterocycles. The van der Waals surface area contributed by atoms with Crippen LogP contribution in [0.5, 0.6) is 5.75 Å². The maximum atomic E-state index is 13.3. The molecule has 42 heavy (non-hydrogen) atoms. The zero-order valence-electron chi connectivity index (χ0n) is 23.6. The second-order valence-electron chi connectivity index (χ2n) is 10.1. The number of hydrogen-bond donors (Lipinski definition) is 8. The molecule has 4 atom stereocenters. The number of aliphatic carboxylic acids is 3. The van der Waals surface area contributed by atoms with Gasteiger partial charge in [0, 0.05) is 26.2 Å². The summed E-state index contributed by atoms with van der Waals surface area (Å²) in [6, 6.07) is 0.146. The Morgan fingerprint density at radius 1 is 0.667 bits per heavy atom. The molecule has 0 spiro atoms. The minimum absolute atomic E-state index is 0.0558. The monoisotopic (exact) mass is 594 g/mol. The first-order chi connectivity index (χ1) is 19.6. The maximum absolute atomic E-state index is 13.3. The fraction of sp³-hybridized carbons (Fsp3) is 0.519.